The second-order valence-electron chi connectivity index (χ2n) is 2.97. The van der Waals surface area contributed by atoms with E-state index < -0.39 is 0 Å². The van der Waals surface area contributed by atoms with Gasteiger partial charge in [-0.3, -0.25) is 9.59 Å². The first-order chi connectivity index (χ1) is 5.20. The molecule has 1 fully saturated rings. The number of hydrogen-bond acceptors (Lipinski definition) is 2. The van der Waals surface area contributed by atoms with Crippen LogP contribution in [0.15, 0.2) is 0 Å². The van der Waals surface area contributed by atoms with E-state index in [1.807, 2.05) is 0 Å². The predicted octanol–water partition coefficient (Wildman–Crippen LogP) is 0.634. The van der Waals surface area contributed by atoms with E-state index in [9.17, 15) is 9.59 Å². The van der Waals surface area contributed by atoms with Crippen LogP contribution in [-0.2, 0) is 9.59 Å². The van der Waals surface area contributed by atoms with Crippen LogP contribution in [0.25, 0.3) is 0 Å². The molecule has 0 heterocycles. The number of rotatable bonds is 1. The molecule has 1 unspecified atom stereocenters. The third kappa shape index (κ3) is 2.33. The van der Waals surface area contributed by atoms with E-state index >= 15 is 0 Å². The van der Waals surface area contributed by atoms with Gasteiger partial charge in [-0.15, -0.1) is 0 Å². The third-order valence-corrected chi connectivity index (χ3v) is 1.93. The Morgan fingerprint density at radius 2 is 2.27 bits per heavy atom. The molecule has 0 aliphatic heterocycles. The summed E-state index contributed by atoms with van der Waals surface area (Å²) in [5, 5.41) is 2.64. The molecular weight excluding hydrogens is 142 g/mol. The highest BCUT2D eigenvalue weighted by Crippen LogP contribution is 2.13. The van der Waals surface area contributed by atoms with E-state index in [1.165, 1.54) is 6.92 Å². The number of nitrogens with one attached hydrogen (secondary N) is 1. The summed E-state index contributed by atoms with van der Waals surface area (Å²) in [7, 11) is 0. The van der Waals surface area contributed by atoms with Crippen molar-refractivity contribution in [2.75, 3.05) is 0 Å². The molecule has 62 valence electrons. The van der Waals surface area contributed by atoms with Crippen LogP contribution in [0.5, 0.6) is 0 Å². The van der Waals surface area contributed by atoms with Crippen molar-refractivity contribution in [3.63, 3.8) is 0 Å². The largest absolute Gasteiger partial charge is 0.347 e. The van der Waals surface area contributed by atoms with Gasteiger partial charge in [0.2, 0.25) is 5.91 Å². The fourth-order valence-electron chi connectivity index (χ4n) is 1.38. The zero-order chi connectivity index (χ0) is 8.27. The number of ketones is 1. The molecule has 3 nitrogen and oxygen atoms in total. The van der Waals surface area contributed by atoms with E-state index in [0.29, 0.717) is 6.42 Å². The molecule has 1 N–H and O–H groups in total. The average molecular weight is 155 g/mol. The van der Waals surface area contributed by atoms with Crippen LogP contribution in [0.2, 0.25) is 0 Å². The molecule has 0 aromatic carbocycles. The Balaban J connectivity index is 2.42. The first-order valence-electron chi connectivity index (χ1n) is 4.00. The van der Waals surface area contributed by atoms with Crippen LogP contribution < -0.4 is 5.32 Å². The molecule has 0 aromatic heterocycles. The van der Waals surface area contributed by atoms with Crippen LogP contribution in [0.1, 0.15) is 32.6 Å². The normalized spacial score (nSPS) is 24.8. The summed E-state index contributed by atoms with van der Waals surface area (Å²) >= 11 is 0. The molecule has 1 rings (SSSR count). The van der Waals surface area contributed by atoms with Gasteiger partial charge in [-0.1, -0.05) is 6.42 Å². The lowest BCUT2D eigenvalue weighted by Crippen LogP contribution is -2.41. The fourth-order valence-corrected chi connectivity index (χ4v) is 1.38. The predicted molar refractivity (Wildman–Crippen MR) is 41.1 cm³/mol. The monoisotopic (exact) mass is 155 g/mol. The van der Waals surface area contributed by atoms with Gasteiger partial charge in [0.05, 0.1) is 6.04 Å². The zero-order valence-electron chi connectivity index (χ0n) is 6.72. The summed E-state index contributed by atoms with van der Waals surface area (Å²) in [6.07, 6.45) is 3.48. The maximum Gasteiger partial charge on any atom is 0.217 e. The van der Waals surface area contributed by atoms with Gasteiger partial charge in [0.25, 0.3) is 0 Å². The number of carbonyl (C=O) groups is 2. The summed E-state index contributed by atoms with van der Waals surface area (Å²) in [6, 6.07) is -0.193. The lowest BCUT2D eigenvalue weighted by atomic mass is 9.94. The highest BCUT2D eigenvalue weighted by molar-refractivity contribution is 5.88. The second-order valence-corrected chi connectivity index (χ2v) is 2.97. The minimum atomic E-state index is -0.193. The Kier molecular flexibility index (Phi) is 2.63. The van der Waals surface area contributed by atoms with E-state index in [1.54, 1.807) is 0 Å². The number of hydrogen-bond donors (Lipinski definition) is 1. The van der Waals surface area contributed by atoms with Crippen LogP contribution in [0.4, 0.5) is 0 Å². The Morgan fingerprint density at radius 1 is 1.55 bits per heavy atom. The summed E-state index contributed by atoms with van der Waals surface area (Å²) in [4.78, 5) is 21.7. The Labute approximate surface area is 66.2 Å². The molecule has 0 spiro atoms. The molecule has 1 aliphatic rings. The van der Waals surface area contributed by atoms with Gasteiger partial charge in [0.1, 0.15) is 0 Å². The Bertz CT molecular complexity index is 177. The summed E-state index contributed by atoms with van der Waals surface area (Å²) in [5.74, 6) is 0.0803. The van der Waals surface area contributed by atoms with E-state index in [-0.39, 0.29) is 17.7 Å². The summed E-state index contributed by atoms with van der Waals surface area (Å²) < 4.78 is 0. The van der Waals surface area contributed by atoms with E-state index in [0.717, 1.165) is 19.3 Å². The molecule has 11 heavy (non-hydrogen) atoms. The average Bonchev–Trinajstić information content (AvgIpc) is 1.93. The summed E-state index contributed by atoms with van der Waals surface area (Å²) in [6.45, 7) is 1.45. The first kappa shape index (κ1) is 8.24. The number of Topliss-reactive ketones (excluding diaryl/α,β-unsaturated/α-hetero) is 1. The minimum Gasteiger partial charge on any atom is -0.347 e. The van der Waals surface area contributed by atoms with Crippen LogP contribution in [-0.4, -0.2) is 17.7 Å². The van der Waals surface area contributed by atoms with Gasteiger partial charge in [-0.05, 0) is 12.8 Å². The molecule has 1 aliphatic carbocycles. The molecule has 0 saturated heterocycles. The van der Waals surface area contributed by atoms with Crippen molar-refractivity contribution in [1.82, 2.24) is 5.32 Å². The molecule has 0 bridgehead atoms. The van der Waals surface area contributed by atoms with Crippen molar-refractivity contribution in [3.05, 3.63) is 0 Å². The lowest BCUT2D eigenvalue weighted by Gasteiger charge is -2.20. The van der Waals surface area contributed by atoms with E-state index in [4.69, 9.17) is 0 Å². The van der Waals surface area contributed by atoms with Crippen molar-refractivity contribution < 1.29 is 9.59 Å². The molecule has 1 atom stereocenters. The SMILES string of the molecule is CC(=O)NC1CCCCC1=O. The molecule has 3 heteroatoms. The summed E-state index contributed by atoms with van der Waals surface area (Å²) in [5.41, 5.74) is 0. The zero-order valence-corrected chi connectivity index (χ0v) is 6.72. The topological polar surface area (TPSA) is 46.2 Å². The van der Waals surface area contributed by atoms with Crippen molar-refractivity contribution in [1.29, 1.82) is 0 Å². The fraction of sp³-hybridized carbons (Fsp3) is 0.750. The van der Waals surface area contributed by atoms with Gasteiger partial charge in [0.15, 0.2) is 5.78 Å². The Morgan fingerprint density at radius 3 is 2.82 bits per heavy atom. The number of carbonyl (C=O) groups excluding carboxylic acids is 2. The minimum absolute atomic E-state index is 0.106. The van der Waals surface area contributed by atoms with Gasteiger partial charge in [-0.2, -0.15) is 0 Å². The molecular formula is C8H13NO2. The first-order valence-corrected chi connectivity index (χ1v) is 4.00. The van der Waals surface area contributed by atoms with Crippen molar-refractivity contribution >= 4 is 11.7 Å². The smallest absolute Gasteiger partial charge is 0.217 e. The quantitative estimate of drug-likeness (QED) is 0.603. The van der Waals surface area contributed by atoms with Gasteiger partial charge < -0.3 is 5.32 Å². The van der Waals surface area contributed by atoms with E-state index in [2.05, 4.69) is 5.32 Å². The van der Waals surface area contributed by atoms with Gasteiger partial charge in [-0.25, -0.2) is 0 Å². The maximum atomic E-state index is 11.1. The van der Waals surface area contributed by atoms with Crippen LogP contribution in [0, 0.1) is 0 Å². The van der Waals surface area contributed by atoms with Gasteiger partial charge >= 0.3 is 0 Å². The molecule has 1 amide bonds. The van der Waals surface area contributed by atoms with Crippen LogP contribution in [0.3, 0.4) is 0 Å². The second kappa shape index (κ2) is 3.51. The highest BCUT2D eigenvalue weighted by Gasteiger charge is 2.21. The Hall–Kier alpha value is -0.860. The molecule has 1 saturated carbocycles. The number of amides is 1. The maximum absolute atomic E-state index is 11.1. The third-order valence-electron chi connectivity index (χ3n) is 1.93. The van der Waals surface area contributed by atoms with Crippen LogP contribution >= 0.6 is 0 Å². The van der Waals surface area contributed by atoms with Gasteiger partial charge in [0, 0.05) is 13.3 Å². The standard InChI is InChI=1S/C8H13NO2/c1-6(10)9-7-4-2-3-5-8(7)11/h7H,2-5H2,1H3,(H,9,10). The van der Waals surface area contributed by atoms with Crippen molar-refractivity contribution in [2.24, 2.45) is 0 Å². The molecule has 0 aromatic rings. The lowest BCUT2D eigenvalue weighted by molar-refractivity contribution is -0.127. The highest BCUT2D eigenvalue weighted by atomic mass is 16.2. The van der Waals surface area contributed by atoms with Crippen molar-refractivity contribution in [3.8, 4) is 0 Å². The molecule has 0 radical (unpaired) electrons. The van der Waals surface area contributed by atoms with Crippen molar-refractivity contribution in [2.45, 2.75) is 38.6 Å².